The van der Waals surface area contributed by atoms with Gasteiger partial charge in [0.1, 0.15) is 24.4 Å². The van der Waals surface area contributed by atoms with Crippen LogP contribution in [0.3, 0.4) is 0 Å². The highest BCUT2D eigenvalue weighted by atomic mass is 19.1. The van der Waals surface area contributed by atoms with Crippen LogP contribution in [0, 0.1) is 0 Å². The van der Waals surface area contributed by atoms with E-state index in [4.69, 9.17) is 9.98 Å². The van der Waals surface area contributed by atoms with Crippen LogP contribution in [0.2, 0.25) is 0 Å². The van der Waals surface area contributed by atoms with E-state index in [9.17, 15) is 9.59 Å². The predicted molar refractivity (Wildman–Crippen MR) is 246 cm³/mol. The summed E-state index contributed by atoms with van der Waals surface area (Å²) in [6.45, 7) is 11.2. The number of likely N-dealkylation sites (N-methyl/N-ethyl adjacent to an activating group) is 2. The summed E-state index contributed by atoms with van der Waals surface area (Å²) in [4.78, 5) is 45.9. The summed E-state index contributed by atoms with van der Waals surface area (Å²) >= 11 is 0. The van der Waals surface area contributed by atoms with Crippen LogP contribution >= 0.6 is 0 Å². The Hall–Kier alpha value is -5.58. The molecule has 2 fully saturated rings. The van der Waals surface area contributed by atoms with Crippen LogP contribution in [0.1, 0.15) is 87.7 Å². The van der Waals surface area contributed by atoms with Gasteiger partial charge in [-0.2, -0.15) is 0 Å². The van der Waals surface area contributed by atoms with E-state index in [2.05, 4.69) is 86.0 Å². The fraction of sp³-hybridized carbons (Fsp3) is 0.385. The molecular formula is C52H58F2N6O2. The van der Waals surface area contributed by atoms with Gasteiger partial charge < -0.3 is 9.80 Å². The SMILES string of the molecule is CCN(CC)[C@@H](C(=O)N1C[C@@H](F)C[C@H]1C1=NC=C(c2ccc(-c3ccc(C4=CN=C([C@@H]5C[C@H](F)CN5C(=O)[C@@H](c5ccccc5)N(CC)CC)C4)cc3)cc2)C1)c1ccccc1. The normalized spacial score (nSPS) is 22.2. The van der Waals surface area contributed by atoms with E-state index < -0.39 is 24.4 Å². The van der Waals surface area contributed by atoms with Crippen molar-refractivity contribution in [2.24, 2.45) is 9.98 Å². The molecule has 0 bridgehead atoms. The van der Waals surface area contributed by atoms with Crippen LogP contribution in [-0.4, -0.2) is 107 Å². The zero-order valence-electron chi connectivity index (χ0n) is 36.3. The zero-order valence-corrected chi connectivity index (χ0v) is 36.3. The first-order valence-electron chi connectivity index (χ1n) is 22.4. The number of rotatable bonds is 15. The molecule has 0 aromatic heterocycles. The summed E-state index contributed by atoms with van der Waals surface area (Å²) < 4.78 is 30.3. The van der Waals surface area contributed by atoms with E-state index in [1.165, 1.54) is 0 Å². The van der Waals surface area contributed by atoms with Crippen molar-refractivity contribution in [1.29, 1.82) is 0 Å². The Morgan fingerprint density at radius 2 is 0.887 bits per heavy atom. The van der Waals surface area contributed by atoms with Gasteiger partial charge in [0, 0.05) is 49.5 Å². The fourth-order valence-electron chi connectivity index (χ4n) is 9.88. The number of carbonyl (C=O) groups excluding carboxylic acids is 2. The highest BCUT2D eigenvalue weighted by molar-refractivity contribution is 6.05. The third-order valence-corrected chi connectivity index (χ3v) is 13.2. The highest BCUT2D eigenvalue weighted by Gasteiger charge is 2.44. The van der Waals surface area contributed by atoms with Gasteiger partial charge >= 0.3 is 0 Å². The van der Waals surface area contributed by atoms with Crippen LogP contribution in [-0.2, 0) is 9.59 Å². The van der Waals surface area contributed by atoms with Gasteiger partial charge in [-0.3, -0.25) is 29.4 Å². The van der Waals surface area contributed by atoms with E-state index in [1.54, 1.807) is 9.80 Å². The Bertz CT molecular complexity index is 2160. The second kappa shape index (κ2) is 19.2. The third kappa shape index (κ3) is 8.86. The van der Waals surface area contributed by atoms with Gasteiger partial charge in [0.05, 0.1) is 25.2 Å². The van der Waals surface area contributed by atoms with Crippen molar-refractivity contribution in [3.05, 3.63) is 144 Å². The molecule has 4 aliphatic rings. The number of likely N-dealkylation sites (tertiary alicyclic amines) is 2. The summed E-state index contributed by atoms with van der Waals surface area (Å²) in [5.74, 6) is -0.140. The van der Waals surface area contributed by atoms with E-state index in [0.717, 1.165) is 56.0 Å². The van der Waals surface area contributed by atoms with Gasteiger partial charge in [0.15, 0.2) is 0 Å². The Balaban J connectivity index is 0.896. The van der Waals surface area contributed by atoms with Gasteiger partial charge in [-0.25, -0.2) is 8.78 Å². The average Bonchev–Trinajstić information content (AvgIpc) is 4.15. The predicted octanol–water partition coefficient (Wildman–Crippen LogP) is 9.77. The van der Waals surface area contributed by atoms with Crippen LogP contribution < -0.4 is 0 Å². The molecular weight excluding hydrogens is 779 g/mol. The quantitative estimate of drug-likeness (QED) is 0.120. The number of aliphatic imine (C=N–C) groups is 2. The standard InChI is InChI=1S/C52H58F2N6O2/c1-5-57(6-2)49(39-15-11-9-12-16-39)51(61)59-33-43(53)29-47(59)45-27-41(31-55-45)37-23-19-35(20-24-37)36-21-25-38(26-22-36)42-28-46(56-32-42)48-30-44(54)34-60(48)52(62)50(58(7-3)8-4)40-17-13-10-14-18-40/h9-26,31-32,43-44,47-50H,5-8,27-30,33-34H2,1-4H3/t43-,44-,47-,48-,49+,50+/m0/s1. The van der Waals surface area contributed by atoms with Crippen molar-refractivity contribution in [1.82, 2.24) is 19.6 Å². The summed E-state index contributed by atoms with van der Waals surface area (Å²) in [6.07, 6.45) is 3.21. The Labute approximate surface area is 365 Å². The van der Waals surface area contributed by atoms with Crippen molar-refractivity contribution >= 4 is 34.4 Å². The molecule has 62 heavy (non-hydrogen) atoms. The lowest BCUT2D eigenvalue weighted by molar-refractivity contribution is -0.138. The Morgan fingerprint density at radius 1 is 0.548 bits per heavy atom. The lowest BCUT2D eigenvalue weighted by atomic mass is 9.94. The minimum absolute atomic E-state index is 0.0701. The molecule has 4 aromatic carbocycles. The molecule has 8 rings (SSSR count). The second-order valence-electron chi connectivity index (χ2n) is 16.8. The molecule has 322 valence electrons. The molecule has 4 aromatic rings. The molecule has 0 N–H and O–H groups in total. The maximum absolute atomic E-state index is 15.1. The van der Waals surface area contributed by atoms with Crippen LogP contribution in [0.5, 0.6) is 0 Å². The first-order valence-corrected chi connectivity index (χ1v) is 22.4. The van der Waals surface area contributed by atoms with Gasteiger partial charge in [-0.15, -0.1) is 0 Å². The summed E-state index contributed by atoms with van der Waals surface area (Å²) in [6, 6.07) is 34.7. The van der Waals surface area contributed by atoms with Crippen LogP contribution in [0.4, 0.5) is 8.78 Å². The molecule has 0 saturated carbocycles. The molecule has 0 aliphatic carbocycles. The first-order chi connectivity index (χ1) is 30.2. The summed E-state index contributed by atoms with van der Waals surface area (Å²) in [5, 5.41) is 0. The topological polar surface area (TPSA) is 71.8 Å². The maximum atomic E-state index is 15.1. The minimum atomic E-state index is -1.10. The van der Waals surface area contributed by atoms with Crippen LogP contribution in [0.15, 0.2) is 132 Å². The summed E-state index contributed by atoms with van der Waals surface area (Å²) in [7, 11) is 0. The van der Waals surface area contributed by atoms with Crippen molar-refractivity contribution in [2.45, 2.75) is 89.9 Å². The van der Waals surface area contributed by atoms with Gasteiger partial charge in [-0.1, -0.05) is 137 Å². The smallest absolute Gasteiger partial charge is 0.245 e. The number of hydrogen-bond donors (Lipinski definition) is 0. The van der Waals surface area contributed by atoms with E-state index >= 15 is 8.78 Å². The highest BCUT2D eigenvalue weighted by Crippen LogP contribution is 2.37. The molecule has 8 nitrogen and oxygen atoms in total. The number of halogens is 2. The van der Waals surface area contributed by atoms with Gasteiger partial charge in [-0.05, 0) is 70.7 Å². The molecule has 2 saturated heterocycles. The average molecular weight is 837 g/mol. The van der Waals surface area contributed by atoms with Crippen molar-refractivity contribution in [3.63, 3.8) is 0 Å². The number of carbonyl (C=O) groups is 2. The zero-order chi connectivity index (χ0) is 43.3. The Kier molecular flexibility index (Phi) is 13.4. The molecule has 0 spiro atoms. The number of allylic oxidation sites excluding steroid dienone is 2. The lowest BCUT2D eigenvalue weighted by Gasteiger charge is -2.34. The molecule has 4 aliphatic heterocycles. The van der Waals surface area contributed by atoms with E-state index in [0.29, 0.717) is 39.0 Å². The van der Waals surface area contributed by atoms with Crippen LogP contribution in [0.25, 0.3) is 22.3 Å². The van der Waals surface area contributed by atoms with E-state index in [1.807, 2.05) is 73.1 Å². The number of hydrogen-bond acceptors (Lipinski definition) is 6. The largest absolute Gasteiger partial charge is 0.330 e. The number of alkyl halides is 2. The lowest BCUT2D eigenvalue weighted by Crippen LogP contribution is -2.47. The molecule has 2 amide bonds. The second-order valence-corrected chi connectivity index (χ2v) is 16.8. The monoisotopic (exact) mass is 836 g/mol. The molecule has 0 unspecified atom stereocenters. The minimum Gasteiger partial charge on any atom is -0.330 e. The molecule has 10 heteroatoms. The number of nitrogens with zero attached hydrogens (tertiary/aromatic N) is 6. The van der Waals surface area contributed by atoms with Gasteiger partial charge in [0.2, 0.25) is 11.8 Å². The van der Waals surface area contributed by atoms with Crippen molar-refractivity contribution in [2.75, 3.05) is 39.3 Å². The van der Waals surface area contributed by atoms with Crippen molar-refractivity contribution in [3.8, 4) is 11.1 Å². The van der Waals surface area contributed by atoms with Crippen molar-refractivity contribution < 1.29 is 18.4 Å². The number of amides is 2. The summed E-state index contributed by atoms with van der Waals surface area (Å²) in [5.41, 5.74) is 9.85. The fourth-order valence-corrected chi connectivity index (χ4v) is 9.88. The van der Waals surface area contributed by atoms with E-state index in [-0.39, 0.29) is 49.8 Å². The molecule has 4 heterocycles. The molecule has 0 radical (unpaired) electrons. The third-order valence-electron chi connectivity index (χ3n) is 13.2. The maximum Gasteiger partial charge on any atom is 0.245 e. The first kappa shape index (κ1) is 43.1. The molecule has 6 atom stereocenters. The van der Waals surface area contributed by atoms with Gasteiger partial charge in [0.25, 0.3) is 0 Å². The Morgan fingerprint density at radius 3 is 1.23 bits per heavy atom. The number of benzene rings is 4.